The summed E-state index contributed by atoms with van der Waals surface area (Å²) in [6, 6.07) is 2.05. The minimum atomic E-state index is 0.303. The molecule has 0 aliphatic heterocycles. The van der Waals surface area contributed by atoms with Crippen molar-refractivity contribution in [3.8, 4) is 6.07 Å². The standard InChI is InChI=1S/C14H23NO/c1-5-16-14(4)11-13(3)8-6-7-12(2)9-10-15/h8-9,14H,5-7,11H2,1-4H3. The number of allylic oxidation sites excluding steroid dienone is 3. The number of nitriles is 1. The summed E-state index contributed by atoms with van der Waals surface area (Å²) >= 11 is 0. The summed E-state index contributed by atoms with van der Waals surface area (Å²) in [6.45, 7) is 9.03. The molecular formula is C14H23NO. The molecule has 16 heavy (non-hydrogen) atoms. The maximum Gasteiger partial charge on any atom is 0.0911 e. The van der Waals surface area contributed by atoms with Gasteiger partial charge in [-0.25, -0.2) is 0 Å². The van der Waals surface area contributed by atoms with Crippen LogP contribution in [0.4, 0.5) is 0 Å². The maximum atomic E-state index is 8.46. The zero-order valence-corrected chi connectivity index (χ0v) is 10.9. The average Bonchev–Trinajstić information content (AvgIpc) is 2.18. The molecule has 0 N–H and O–H groups in total. The molecule has 0 heterocycles. The summed E-state index contributed by atoms with van der Waals surface area (Å²) < 4.78 is 5.48. The molecule has 1 atom stereocenters. The van der Waals surface area contributed by atoms with Crippen molar-refractivity contribution in [2.24, 2.45) is 0 Å². The van der Waals surface area contributed by atoms with Crippen LogP contribution in [0.2, 0.25) is 0 Å². The zero-order chi connectivity index (χ0) is 12.4. The van der Waals surface area contributed by atoms with Gasteiger partial charge in [0.2, 0.25) is 0 Å². The third-order valence-corrected chi connectivity index (χ3v) is 2.40. The third-order valence-electron chi connectivity index (χ3n) is 2.40. The molecule has 0 spiro atoms. The number of rotatable bonds is 7. The van der Waals surface area contributed by atoms with Crippen molar-refractivity contribution in [3.63, 3.8) is 0 Å². The Morgan fingerprint density at radius 1 is 1.38 bits per heavy atom. The molecule has 0 saturated carbocycles. The highest BCUT2D eigenvalue weighted by atomic mass is 16.5. The van der Waals surface area contributed by atoms with Gasteiger partial charge >= 0.3 is 0 Å². The fourth-order valence-corrected chi connectivity index (χ4v) is 1.61. The second kappa shape index (κ2) is 9.18. The number of nitrogens with zero attached hydrogens (tertiary/aromatic N) is 1. The van der Waals surface area contributed by atoms with Crippen LogP contribution in [-0.2, 0) is 4.74 Å². The lowest BCUT2D eigenvalue weighted by Gasteiger charge is -2.11. The summed E-state index contributed by atoms with van der Waals surface area (Å²) in [5.41, 5.74) is 2.51. The van der Waals surface area contributed by atoms with E-state index in [1.807, 2.05) is 13.8 Å². The molecule has 1 unspecified atom stereocenters. The quantitative estimate of drug-likeness (QED) is 0.481. The van der Waals surface area contributed by atoms with Crippen molar-refractivity contribution in [2.75, 3.05) is 6.61 Å². The van der Waals surface area contributed by atoms with Crippen molar-refractivity contribution in [1.82, 2.24) is 0 Å². The number of hydrogen-bond acceptors (Lipinski definition) is 2. The van der Waals surface area contributed by atoms with Crippen LogP contribution in [0, 0.1) is 11.3 Å². The molecule has 0 rings (SSSR count). The molecule has 0 aromatic carbocycles. The Morgan fingerprint density at radius 3 is 2.62 bits per heavy atom. The van der Waals surface area contributed by atoms with Gasteiger partial charge in [0, 0.05) is 12.7 Å². The highest BCUT2D eigenvalue weighted by Crippen LogP contribution is 2.11. The summed E-state index contributed by atoms with van der Waals surface area (Å²) in [5, 5.41) is 8.46. The fourth-order valence-electron chi connectivity index (χ4n) is 1.61. The van der Waals surface area contributed by atoms with Gasteiger partial charge in [0.25, 0.3) is 0 Å². The lowest BCUT2D eigenvalue weighted by Crippen LogP contribution is -2.07. The molecular weight excluding hydrogens is 198 g/mol. The Morgan fingerprint density at radius 2 is 2.06 bits per heavy atom. The molecule has 0 bridgehead atoms. The molecule has 0 aromatic rings. The van der Waals surface area contributed by atoms with E-state index in [1.54, 1.807) is 6.08 Å². The first-order valence-electron chi connectivity index (χ1n) is 5.92. The Hall–Kier alpha value is -1.07. The predicted molar refractivity (Wildman–Crippen MR) is 68.1 cm³/mol. The molecule has 0 fully saturated rings. The molecule has 0 amide bonds. The largest absolute Gasteiger partial charge is 0.378 e. The van der Waals surface area contributed by atoms with Gasteiger partial charge in [0.1, 0.15) is 0 Å². The van der Waals surface area contributed by atoms with Crippen LogP contribution in [0.1, 0.15) is 47.0 Å². The van der Waals surface area contributed by atoms with Crippen LogP contribution < -0.4 is 0 Å². The van der Waals surface area contributed by atoms with E-state index in [1.165, 1.54) is 5.57 Å². The summed E-state index contributed by atoms with van der Waals surface area (Å²) in [5.74, 6) is 0. The Labute approximate surface area is 99.6 Å². The first-order valence-corrected chi connectivity index (χ1v) is 5.92. The lowest BCUT2D eigenvalue weighted by atomic mass is 10.1. The van der Waals surface area contributed by atoms with Gasteiger partial charge in [-0.1, -0.05) is 17.2 Å². The van der Waals surface area contributed by atoms with Crippen LogP contribution in [0.25, 0.3) is 0 Å². The van der Waals surface area contributed by atoms with Crippen LogP contribution in [0.3, 0.4) is 0 Å². The second-order valence-corrected chi connectivity index (χ2v) is 4.18. The highest BCUT2D eigenvalue weighted by Gasteiger charge is 2.01. The Balaban J connectivity index is 3.88. The summed E-state index contributed by atoms with van der Waals surface area (Å²) in [6.07, 6.45) is 7.13. The smallest absolute Gasteiger partial charge is 0.0911 e. The van der Waals surface area contributed by atoms with Crippen molar-refractivity contribution in [2.45, 2.75) is 53.1 Å². The van der Waals surface area contributed by atoms with Crippen LogP contribution in [-0.4, -0.2) is 12.7 Å². The molecule has 2 nitrogen and oxygen atoms in total. The molecule has 0 aliphatic carbocycles. The van der Waals surface area contributed by atoms with E-state index in [-0.39, 0.29) is 0 Å². The lowest BCUT2D eigenvalue weighted by molar-refractivity contribution is 0.0768. The molecule has 0 aliphatic rings. The predicted octanol–water partition coefficient (Wildman–Crippen LogP) is 4.00. The number of ether oxygens (including phenoxy) is 1. The normalized spacial score (nSPS) is 14.7. The van der Waals surface area contributed by atoms with Gasteiger partial charge in [-0.15, -0.1) is 0 Å². The zero-order valence-electron chi connectivity index (χ0n) is 10.9. The molecule has 2 heteroatoms. The van der Waals surface area contributed by atoms with Crippen molar-refractivity contribution in [1.29, 1.82) is 5.26 Å². The van der Waals surface area contributed by atoms with Crippen LogP contribution >= 0.6 is 0 Å². The maximum absolute atomic E-state index is 8.46. The topological polar surface area (TPSA) is 33.0 Å². The van der Waals surface area contributed by atoms with Crippen molar-refractivity contribution >= 4 is 0 Å². The van der Waals surface area contributed by atoms with Crippen molar-refractivity contribution in [3.05, 3.63) is 23.3 Å². The fraction of sp³-hybridized carbons (Fsp3) is 0.643. The SMILES string of the molecule is CCOC(C)CC(C)=CCCC(C)=CC#N. The Kier molecular flexibility index (Phi) is 8.56. The summed E-state index contributed by atoms with van der Waals surface area (Å²) in [4.78, 5) is 0. The van der Waals surface area contributed by atoms with Gasteiger partial charge in [-0.3, -0.25) is 0 Å². The van der Waals surface area contributed by atoms with E-state index in [0.717, 1.165) is 31.4 Å². The van der Waals surface area contributed by atoms with E-state index in [0.29, 0.717) is 6.10 Å². The van der Waals surface area contributed by atoms with Gasteiger partial charge in [-0.05, 0) is 47.0 Å². The van der Waals surface area contributed by atoms with Crippen LogP contribution in [0.5, 0.6) is 0 Å². The molecule has 0 aromatic heterocycles. The van der Waals surface area contributed by atoms with E-state index < -0.39 is 0 Å². The van der Waals surface area contributed by atoms with E-state index >= 15 is 0 Å². The summed E-state index contributed by atoms with van der Waals surface area (Å²) in [7, 11) is 0. The highest BCUT2D eigenvalue weighted by molar-refractivity contribution is 5.12. The molecule has 0 saturated heterocycles. The molecule has 0 radical (unpaired) electrons. The van der Waals surface area contributed by atoms with E-state index in [9.17, 15) is 0 Å². The van der Waals surface area contributed by atoms with Gasteiger partial charge < -0.3 is 4.74 Å². The minimum Gasteiger partial charge on any atom is -0.378 e. The average molecular weight is 221 g/mol. The van der Waals surface area contributed by atoms with Gasteiger partial charge in [0.15, 0.2) is 0 Å². The number of hydrogen-bond donors (Lipinski definition) is 0. The van der Waals surface area contributed by atoms with Gasteiger partial charge in [-0.2, -0.15) is 5.26 Å². The third kappa shape index (κ3) is 8.26. The monoisotopic (exact) mass is 221 g/mol. The van der Waals surface area contributed by atoms with Crippen LogP contribution in [0.15, 0.2) is 23.3 Å². The first-order chi connectivity index (χ1) is 7.60. The van der Waals surface area contributed by atoms with Gasteiger partial charge in [0.05, 0.1) is 12.2 Å². The first kappa shape index (κ1) is 14.9. The second-order valence-electron chi connectivity index (χ2n) is 4.18. The molecule has 90 valence electrons. The van der Waals surface area contributed by atoms with Crippen molar-refractivity contribution < 1.29 is 4.74 Å². The van der Waals surface area contributed by atoms with E-state index in [2.05, 4.69) is 26.0 Å². The Bertz CT molecular complexity index is 284. The van der Waals surface area contributed by atoms with E-state index in [4.69, 9.17) is 10.00 Å². The minimum absolute atomic E-state index is 0.303.